The van der Waals surface area contributed by atoms with Gasteiger partial charge in [0.25, 0.3) is 0 Å². The molecule has 2 unspecified atom stereocenters. The number of thioether (sulfide) groups is 1. The maximum absolute atomic E-state index is 11.8. The molecule has 1 aliphatic rings. The highest BCUT2D eigenvalue weighted by molar-refractivity contribution is 7.99. The molecule has 0 aromatic heterocycles. The minimum Gasteiger partial charge on any atom is -0.325 e. The maximum atomic E-state index is 11.8. The molecule has 104 valence electrons. The van der Waals surface area contributed by atoms with E-state index in [1.807, 2.05) is 43.0 Å². The lowest BCUT2D eigenvalue weighted by atomic mass is 10.2. The summed E-state index contributed by atoms with van der Waals surface area (Å²) in [5.74, 6) is 0.0384. The summed E-state index contributed by atoms with van der Waals surface area (Å²) in [6, 6.07) is 8.38. The van der Waals surface area contributed by atoms with Crippen molar-refractivity contribution in [2.75, 3.05) is 18.1 Å². The molecule has 3 nitrogen and oxygen atoms in total. The molecule has 0 saturated heterocycles. The first-order valence-corrected chi connectivity index (χ1v) is 8.09. The molecule has 4 heteroatoms. The second kappa shape index (κ2) is 6.96. The van der Waals surface area contributed by atoms with Crippen molar-refractivity contribution < 1.29 is 4.79 Å². The van der Waals surface area contributed by atoms with Crippen LogP contribution in [0.4, 0.5) is 5.69 Å². The van der Waals surface area contributed by atoms with Crippen LogP contribution < -0.4 is 10.6 Å². The fourth-order valence-corrected chi connectivity index (χ4v) is 3.22. The zero-order valence-electron chi connectivity index (χ0n) is 11.6. The van der Waals surface area contributed by atoms with Gasteiger partial charge in [-0.15, -0.1) is 0 Å². The van der Waals surface area contributed by atoms with E-state index in [1.54, 1.807) is 0 Å². The van der Waals surface area contributed by atoms with Crippen LogP contribution in [0.1, 0.15) is 24.8 Å². The fraction of sp³-hybridized carbons (Fsp3) is 0.533. The highest BCUT2D eigenvalue weighted by atomic mass is 32.2. The molecule has 1 amide bonds. The van der Waals surface area contributed by atoms with Crippen LogP contribution in [0.5, 0.6) is 0 Å². The third-order valence-electron chi connectivity index (χ3n) is 3.60. The van der Waals surface area contributed by atoms with E-state index in [2.05, 4.69) is 16.9 Å². The fourth-order valence-electron chi connectivity index (χ4n) is 2.42. The second-order valence-electron chi connectivity index (χ2n) is 5.16. The van der Waals surface area contributed by atoms with Gasteiger partial charge in [0, 0.05) is 17.0 Å². The molecular weight excluding hydrogens is 256 g/mol. The Balaban J connectivity index is 1.71. The molecule has 1 aromatic rings. The van der Waals surface area contributed by atoms with E-state index in [1.165, 1.54) is 24.8 Å². The lowest BCUT2D eigenvalue weighted by molar-refractivity contribution is -0.115. The zero-order valence-corrected chi connectivity index (χ0v) is 12.4. The van der Waals surface area contributed by atoms with Gasteiger partial charge in [0.2, 0.25) is 5.91 Å². The van der Waals surface area contributed by atoms with Crippen LogP contribution in [0.2, 0.25) is 0 Å². The van der Waals surface area contributed by atoms with Crippen LogP contribution in [-0.2, 0) is 4.79 Å². The topological polar surface area (TPSA) is 41.1 Å². The van der Waals surface area contributed by atoms with Gasteiger partial charge < -0.3 is 10.6 Å². The summed E-state index contributed by atoms with van der Waals surface area (Å²) < 4.78 is 0. The van der Waals surface area contributed by atoms with Crippen molar-refractivity contribution in [1.29, 1.82) is 0 Å². The van der Waals surface area contributed by atoms with E-state index in [9.17, 15) is 4.79 Å². The molecule has 0 radical (unpaired) electrons. The highest BCUT2D eigenvalue weighted by Gasteiger charge is 2.23. The van der Waals surface area contributed by atoms with E-state index in [0.717, 1.165) is 10.9 Å². The standard InChI is InChI=1S/C15H22N2OS/c1-11-3-5-12(6-4-11)17-15(18)10-16-13-7-8-14(9-13)19-2/h3-6,13-14,16H,7-10H2,1-2H3,(H,17,18). The highest BCUT2D eigenvalue weighted by Crippen LogP contribution is 2.27. The molecule has 1 aromatic carbocycles. The number of carbonyl (C=O) groups excluding carboxylic acids is 1. The minimum atomic E-state index is 0.0384. The summed E-state index contributed by atoms with van der Waals surface area (Å²) in [6.07, 6.45) is 5.79. The van der Waals surface area contributed by atoms with Crippen molar-refractivity contribution in [3.8, 4) is 0 Å². The predicted molar refractivity (Wildman–Crippen MR) is 82.8 cm³/mol. The zero-order chi connectivity index (χ0) is 13.7. The van der Waals surface area contributed by atoms with Crippen LogP contribution in [0, 0.1) is 6.92 Å². The largest absolute Gasteiger partial charge is 0.325 e. The second-order valence-corrected chi connectivity index (χ2v) is 6.30. The number of anilines is 1. The third-order valence-corrected chi connectivity index (χ3v) is 4.70. The molecule has 0 aliphatic heterocycles. The van der Waals surface area contributed by atoms with E-state index in [-0.39, 0.29) is 5.91 Å². The lowest BCUT2D eigenvalue weighted by Gasteiger charge is -2.12. The smallest absolute Gasteiger partial charge is 0.238 e. The molecule has 0 heterocycles. The Morgan fingerprint density at radius 3 is 2.68 bits per heavy atom. The molecule has 19 heavy (non-hydrogen) atoms. The number of nitrogens with one attached hydrogen (secondary N) is 2. The van der Waals surface area contributed by atoms with E-state index in [4.69, 9.17) is 0 Å². The molecule has 1 aliphatic carbocycles. The van der Waals surface area contributed by atoms with Crippen molar-refractivity contribution in [1.82, 2.24) is 5.32 Å². The van der Waals surface area contributed by atoms with Gasteiger partial charge in [-0.2, -0.15) is 11.8 Å². The molecule has 1 fully saturated rings. The summed E-state index contributed by atoms with van der Waals surface area (Å²) in [5, 5.41) is 7.03. The number of hydrogen-bond acceptors (Lipinski definition) is 3. The van der Waals surface area contributed by atoms with Gasteiger partial charge in [-0.1, -0.05) is 17.7 Å². The van der Waals surface area contributed by atoms with Gasteiger partial charge >= 0.3 is 0 Å². The monoisotopic (exact) mass is 278 g/mol. The van der Waals surface area contributed by atoms with Crippen LogP contribution in [0.3, 0.4) is 0 Å². The van der Waals surface area contributed by atoms with Crippen LogP contribution >= 0.6 is 11.8 Å². The number of rotatable bonds is 5. The van der Waals surface area contributed by atoms with Crippen molar-refractivity contribution in [3.05, 3.63) is 29.8 Å². The van der Waals surface area contributed by atoms with Crippen LogP contribution in [-0.4, -0.2) is 30.0 Å². The van der Waals surface area contributed by atoms with Crippen molar-refractivity contribution >= 4 is 23.4 Å². The SMILES string of the molecule is CSC1CCC(NCC(=O)Nc2ccc(C)cc2)C1. The summed E-state index contributed by atoms with van der Waals surface area (Å²) >= 11 is 1.93. The van der Waals surface area contributed by atoms with Crippen molar-refractivity contribution in [3.63, 3.8) is 0 Å². The Bertz CT molecular complexity index is 419. The van der Waals surface area contributed by atoms with Gasteiger partial charge in [-0.3, -0.25) is 4.79 Å². The number of benzene rings is 1. The Hall–Kier alpha value is -1.00. The van der Waals surface area contributed by atoms with Gasteiger partial charge in [0.15, 0.2) is 0 Å². The summed E-state index contributed by atoms with van der Waals surface area (Å²) in [4.78, 5) is 11.8. The Kier molecular flexibility index (Phi) is 5.28. The van der Waals surface area contributed by atoms with Crippen LogP contribution in [0.25, 0.3) is 0 Å². The third kappa shape index (κ3) is 4.55. The first-order valence-electron chi connectivity index (χ1n) is 6.80. The van der Waals surface area contributed by atoms with Crippen molar-refractivity contribution in [2.45, 2.75) is 37.5 Å². The summed E-state index contributed by atoms with van der Waals surface area (Å²) in [5.41, 5.74) is 2.07. The number of aryl methyl sites for hydroxylation is 1. The molecule has 2 N–H and O–H groups in total. The number of amides is 1. The van der Waals surface area contributed by atoms with Gasteiger partial charge in [0.1, 0.15) is 0 Å². The Morgan fingerprint density at radius 1 is 1.32 bits per heavy atom. The van der Waals surface area contributed by atoms with Crippen molar-refractivity contribution in [2.24, 2.45) is 0 Å². The normalized spacial score (nSPS) is 22.4. The Morgan fingerprint density at radius 2 is 2.05 bits per heavy atom. The number of hydrogen-bond donors (Lipinski definition) is 2. The molecule has 2 atom stereocenters. The minimum absolute atomic E-state index is 0.0384. The average Bonchev–Trinajstić information content (AvgIpc) is 2.87. The van der Waals surface area contributed by atoms with Gasteiger partial charge in [-0.25, -0.2) is 0 Å². The van der Waals surface area contributed by atoms with Gasteiger partial charge in [0.05, 0.1) is 6.54 Å². The quantitative estimate of drug-likeness (QED) is 0.870. The van der Waals surface area contributed by atoms with E-state index < -0.39 is 0 Å². The van der Waals surface area contributed by atoms with Crippen LogP contribution in [0.15, 0.2) is 24.3 Å². The maximum Gasteiger partial charge on any atom is 0.238 e. The Labute approximate surface area is 119 Å². The molecule has 2 rings (SSSR count). The van der Waals surface area contributed by atoms with E-state index >= 15 is 0 Å². The van der Waals surface area contributed by atoms with Gasteiger partial charge in [-0.05, 0) is 44.6 Å². The lowest BCUT2D eigenvalue weighted by Crippen LogP contribution is -2.34. The summed E-state index contributed by atoms with van der Waals surface area (Å²) in [6.45, 7) is 2.44. The summed E-state index contributed by atoms with van der Waals surface area (Å²) in [7, 11) is 0. The van der Waals surface area contributed by atoms with E-state index in [0.29, 0.717) is 12.6 Å². The number of carbonyl (C=O) groups is 1. The molecule has 1 saturated carbocycles. The molecule has 0 spiro atoms. The first-order chi connectivity index (χ1) is 9.17. The first kappa shape index (κ1) is 14.4. The molecular formula is C15H22N2OS. The molecule has 0 bridgehead atoms. The predicted octanol–water partition coefficient (Wildman–Crippen LogP) is 2.81. The average molecular weight is 278 g/mol.